The molecule has 6 nitrogen and oxygen atoms in total. The molecule has 29 heavy (non-hydrogen) atoms. The minimum absolute atomic E-state index is 0.155. The molecule has 0 aliphatic rings. The Kier molecular flexibility index (Phi) is 6.64. The number of esters is 1. The first kappa shape index (κ1) is 20.6. The Morgan fingerprint density at radius 1 is 1.00 bits per heavy atom. The van der Waals surface area contributed by atoms with Gasteiger partial charge in [0.1, 0.15) is 0 Å². The highest BCUT2D eigenvalue weighted by Gasteiger charge is 2.17. The van der Waals surface area contributed by atoms with Crippen LogP contribution in [-0.2, 0) is 9.53 Å². The van der Waals surface area contributed by atoms with Crippen LogP contribution in [0.25, 0.3) is 0 Å². The highest BCUT2D eigenvalue weighted by molar-refractivity contribution is 7.08. The fourth-order valence-corrected chi connectivity index (χ4v) is 3.31. The summed E-state index contributed by atoms with van der Waals surface area (Å²) in [6.07, 6.45) is 0. The highest BCUT2D eigenvalue weighted by Crippen LogP contribution is 2.23. The van der Waals surface area contributed by atoms with Crippen molar-refractivity contribution in [2.75, 3.05) is 17.2 Å². The number of hydrogen-bond donors (Lipinski definition) is 2. The van der Waals surface area contributed by atoms with Crippen LogP contribution in [0.1, 0.15) is 26.3 Å². The minimum Gasteiger partial charge on any atom is -0.452 e. The number of hydrogen-bond acceptors (Lipinski definition) is 5. The summed E-state index contributed by atoms with van der Waals surface area (Å²) >= 11 is 7.43. The normalized spacial score (nSPS) is 10.3. The van der Waals surface area contributed by atoms with E-state index in [1.54, 1.807) is 60.1 Å². The van der Waals surface area contributed by atoms with Crippen LogP contribution in [0.3, 0.4) is 0 Å². The molecule has 0 saturated heterocycles. The van der Waals surface area contributed by atoms with Crippen LogP contribution in [0.4, 0.5) is 11.4 Å². The van der Waals surface area contributed by atoms with Crippen molar-refractivity contribution < 1.29 is 19.1 Å². The summed E-state index contributed by atoms with van der Waals surface area (Å²) in [4.78, 5) is 36.8. The van der Waals surface area contributed by atoms with Crippen molar-refractivity contribution in [3.63, 3.8) is 0 Å². The zero-order valence-corrected chi connectivity index (χ0v) is 17.0. The Hall–Kier alpha value is -3.16. The first-order valence-corrected chi connectivity index (χ1v) is 9.92. The fraction of sp³-hybridized carbons (Fsp3) is 0.0952. The van der Waals surface area contributed by atoms with Gasteiger partial charge in [0.25, 0.3) is 11.8 Å². The van der Waals surface area contributed by atoms with E-state index in [2.05, 4.69) is 10.6 Å². The van der Waals surface area contributed by atoms with Crippen molar-refractivity contribution in [3.05, 3.63) is 81.0 Å². The quantitative estimate of drug-likeness (QED) is 0.554. The molecule has 3 rings (SSSR count). The van der Waals surface area contributed by atoms with Gasteiger partial charge in [-0.2, -0.15) is 11.3 Å². The standard InChI is InChI=1S/C21H17ClN2O4S/c1-13-16(22)6-4-8-17(13)23-19(25)11-28-21(27)15-5-2-3-7-18(15)24-20(26)14-9-10-29-12-14/h2-10,12H,11H2,1H3,(H,23,25)(H,24,26). The first-order valence-electron chi connectivity index (χ1n) is 8.60. The van der Waals surface area contributed by atoms with Crippen LogP contribution in [-0.4, -0.2) is 24.4 Å². The van der Waals surface area contributed by atoms with E-state index < -0.39 is 18.5 Å². The molecule has 0 radical (unpaired) electrons. The number of carbonyl (C=O) groups excluding carboxylic acids is 3. The molecule has 0 spiro atoms. The van der Waals surface area contributed by atoms with E-state index in [1.807, 2.05) is 0 Å². The zero-order chi connectivity index (χ0) is 20.8. The van der Waals surface area contributed by atoms with Gasteiger partial charge in [0.15, 0.2) is 6.61 Å². The maximum absolute atomic E-state index is 12.4. The first-order chi connectivity index (χ1) is 14.0. The third-order valence-corrected chi connectivity index (χ3v) is 5.15. The molecule has 8 heteroatoms. The molecule has 2 N–H and O–H groups in total. The molecular weight excluding hydrogens is 412 g/mol. The molecular formula is C21H17ClN2O4S. The number of nitrogens with one attached hydrogen (secondary N) is 2. The second-order valence-electron chi connectivity index (χ2n) is 6.05. The summed E-state index contributed by atoms with van der Waals surface area (Å²) in [6, 6.07) is 13.3. The van der Waals surface area contributed by atoms with Gasteiger partial charge in [0.2, 0.25) is 0 Å². The fourth-order valence-electron chi connectivity index (χ4n) is 2.50. The molecule has 0 atom stereocenters. The lowest BCUT2D eigenvalue weighted by Crippen LogP contribution is -2.22. The summed E-state index contributed by atoms with van der Waals surface area (Å²) < 4.78 is 5.11. The third-order valence-electron chi connectivity index (χ3n) is 4.05. The van der Waals surface area contributed by atoms with E-state index in [1.165, 1.54) is 17.4 Å². The highest BCUT2D eigenvalue weighted by atomic mass is 35.5. The van der Waals surface area contributed by atoms with Crippen LogP contribution < -0.4 is 10.6 Å². The van der Waals surface area contributed by atoms with Crippen LogP contribution in [0.2, 0.25) is 5.02 Å². The van der Waals surface area contributed by atoms with Crippen molar-refractivity contribution in [3.8, 4) is 0 Å². The molecule has 3 aromatic rings. The van der Waals surface area contributed by atoms with Gasteiger partial charge in [-0.25, -0.2) is 4.79 Å². The van der Waals surface area contributed by atoms with Crippen molar-refractivity contribution in [1.82, 2.24) is 0 Å². The minimum atomic E-state index is -0.718. The molecule has 0 bridgehead atoms. The van der Waals surface area contributed by atoms with E-state index >= 15 is 0 Å². The lowest BCUT2D eigenvalue weighted by Gasteiger charge is -2.12. The Balaban J connectivity index is 1.63. The van der Waals surface area contributed by atoms with Crippen LogP contribution >= 0.6 is 22.9 Å². The molecule has 2 aromatic carbocycles. The molecule has 0 saturated carbocycles. The monoisotopic (exact) mass is 428 g/mol. The predicted octanol–water partition coefficient (Wildman–Crippen LogP) is 4.76. The molecule has 0 aliphatic carbocycles. The second-order valence-corrected chi connectivity index (χ2v) is 7.24. The average Bonchev–Trinajstić information content (AvgIpc) is 3.25. The van der Waals surface area contributed by atoms with Gasteiger partial charge in [-0.05, 0) is 48.2 Å². The summed E-state index contributed by atoms with van der Waals surface area (Å²) in [5, 5.41) is 9.36. The zero-order valence-electron chi connectivity index (χ0n) is 15.4. The van der Waals surface area contributed by atoms with Crippen molar-refractivity contribution in [1.29, 1.82) is 0 Å². The summed E-state index contributed by atoms with van der Waals surface area (Å²) in [6.45, 7) is 1.30. The number of anilines is 2. The van der Waals surface area contributed by atoms with Crippen LogP contribution in [0.5, 0.6) is 0 Å². The van der Waals surface area contributed by atoms with E-state index in [9.17, 15) is 14.4 Å². The number of ether oxygens (including phenoxy) is 1. The number of para-hydroxylation sites is 1. The predicted molar refractivity (Wildman–Crippen MR) is 114 cm³/mol. The SMILES string of the molecule is Cc1c(Cl)cccc1NC(=O)COC(=O)c1ccccc1NC(=O)c1ccsc1. The van der Waals surface area contributed by atoms with E-state index in [-0.39, 0.29) is 11.5 Å². The van der Waals surface area contributed by atoms with Crippen molar-refractivity contribution in [2.24, 2.45) is 0 Å². The molecule has 2 amide bonds. The van der Waals surface area contributed by atoms with Gasteiger partial charge in [0, 0.05) is 16.1 Å². The van der Waals surface area contributed by atoms with Gasteiger partial charge in [-0.1, -0.05) is 29.8 Å². The largest absolute Gasteiger partial charge is 0.452 e. The molecule has 0 fully saturated rings. The second kappa shape index (κ2) is 9.36. The van der Waals surface area contributed by atoms with Crippen LogP contribution in [0.15, 0.2) is 59.3 Å². The van der Waals surface area contributed by atoms with Gasteiger partial charge in [-0.3, -0.25) is 9.59 Å². The molecule has 1 aromatic heterocycles. The Morgan fingerprint density at radius 2 is 1.76 bits per heavy atom. The number of amides is 2. The number of benzene rings is 2. The Bertz CT molecular complexity index is 1050. The molecule has 0 unspecified atom stereocenters. The Labute approximate surface area is 176 Å². The Morgan fingerprint density at radius 3 is 2.52 bits per heavy atom. The summed E-state index contributed by atoms with van der Waals surface area (Å²) in [5.41, 5.74) is 2.22. The smallest absolute Gasteiger partial charge is 0.340 e. The van der Waals surface area contributed by atoms with Gasteiger partial charge in [0.05, 0.1) is 16.8 Å². The maximum Gasteiger partial charge on any atom is 0.340 e. The number of rotatable bonds is 6. The number of thiophene rings is 1. The van der Waals surface area contributed by atoms with Crippen molar-refractivity contribution >= 4 is 52.1 Å². The van der Waals surface area contributed by atoms with Crippen molar-refractivity contribution in [2.45, 2.75) is 6.92 Å². The molecule has 0 aliphatic heterocycles. The van der Waals surface area contributed by atoms with E-state index in [4.69, 9.17) is 16.3 Å². The van der Waals surface area contributed by atoms with Gasteiger partial charge < -0.3 is 15.4 Å². The molecule has 148 valence electrons. The lowest BCUT2D eigenvalue weighted by atomic mass is 10.1. The summed E-state index contributed by atoms with van der Waals surface area (Å²) in [7, 11) is 0. The topological polar surface area (TPSA) is 84.5 Å². The van der Waals surface area contributed by atoms with E-state index in [0.29, 0.717) is 22.0 Å². The van der Waals surface area contributed by atoms with Crippen LogP contribution in [0, 0.1) is 6.92 Å². The molecule has 1 heterocycles. The summed E-state index contributed by atoms with van der Waals surface area (Å²) in [5.74, 6) is -1.55. The van der Waals surface area contributed by atoms with E-state index in [0.717, 1.165) is 5.56 Å². The number of halogens is 1. The average molecular weight is 429 g/mol. The number of carbonyl (C=O) groups is 3. The third kappa shape index (κ3) is 5.22. The van der Waals surface area contributed by atoms with Gasteiger partial charge in [-0.15, -0.1) is 0 Å². The van der Waals surface area contributed by atoms with Gasteiger partial charge >= 0.3 is 5.97 Å². The maximum atomic E-state index is 12.4. The lowest BCUT2D eigenvalue weighted by molar-refractivity contribution is -0.119.